The molecule has 1 heterocycles. The van der Waals surface area contributed by atoms with Crippen LogP contribution >= 0.6 is 0 Å². The largest absolute Gasteiger partial charge is 0.480 e. The van der Waals surface area contributed by atoms with Crippen molar-refractivity contribution < 1.29 is 14.7 Å². The minimum Gasteiger partial charge on any atom is -0.480 e. The maximum absolute atomic E-state index is 12.3. The highest BCUT2D eigenvalue weighted by Gasteiger charge is 2.22. The van der Waals surface area contributed by atoms with Gasteiger partial charge in [0, 0.05) is 11.6 Å². The third kappa shape index (κ3) is 3.56. The van der Waals surface area contributed by atoms with Crippen molar-refractivity contribution in [3.8, 4) is 0 Å². The molecule has 1 unspecified atom stereocenters. The van der Waals surface area contributed by atoms with Crippen LogP contribution in [-0.4, -0.2) is 28.0 Å². The molecule has 21 heavy (non-hydrogen) atoms. The number of para-hydroxylation sites is 1. The fraction of sp³-hybridized carbons (Fsp3) is 0.312. The van der Waals surface area contributed by atoms with E-state index in [1.807, 2.05) is 26.0 Å². The van der Waals surface area contributed by atoms with Gasteiger partial charge in [0.25, 0.3) is 5.91 Å². The quantitative estimate of drug-likeness (QED) is 0.885. The molecule has 2 aromatic rings. The number of carbonyl (C=O) groups excluding carboxylic acids is 1. The number of nitrogens with zero attached hydrogens (tertiary/aromatic N) is 1. The molecule has 1 aromatic heterocycles. The Bertz CT molecular complexity index is 662. The molecule has 2 N–H and O–H groups in total. The number of aliphatic carboxylic acids is 1. The Kier molecular flexibility index (Phi) is 4.52. The normalized spacial score (nSPS) is 12.3. The Hall–Kier alpha value is -2.43. The van der Waals surface area contributed by atoms with Crippen LogP contribution in [0.2, 0.25) is 0 Å². The highest BCUT2D eigenvalue weighted by atomic mass is 16.4. The van der Waals surface area contributed by atoms with Crippen LogP contribution in [0.1, 0.15) is 30.6 Å². The molecule has 0 radical (unpaired) electrons. The lowest BCUT2D eigenvalue weighted by molar-refractivity contribution is -0.139. The molecule has 0 saturated heterocycles. The monoisotopic (exact) mass is 286 g/mol. The van der Waals surface area contributed by atoms with Gasteiger partial charge in [-0.3, -0.25) is 9.78 Å². The van der Waals surface area contributed by atoms with Crippen LogP contribution in [0.25, 0.3) is 10.9 Å². The van der Waals surface area contributed by atoms with Crippen LogP contribution in [-0.2, 0) is 4.79 Å². The first-order valence-electron chi connectivity index (χ1n) is 6.86. The van der Waals surface area contributed by atoms with Crippen molar-refractivity contribution in [2.45, 2.75) is 26.3 Å². The number of nitrogens with one attached hydrogen (secondary N) is 1. The maximum Gasteiger partial charge on any atom is 0.326 e. The zero-order valence-corrected chi connectivity index (χ0v) is 12.0. The van der Waals surface area contributed by atoms with E-state index in [1.54, 1.807) is 24.4 Å². The zero-order chi connectivity index (χ0) is 15.4. The lowest BCUT2D eigenvalue weighted by Gasteiger charge is -2.16. The molecule has 5 heteroatoms. The topological polar surface area (TPSA) is 79.3 Å². The second kappa shape index (κ2) is 6.35. The summed E-state index contributed by atoms with van der Waals surface area (Å²) in [5.74, 6) is -1.25. The standard InChI is InChI=1S/C16H18N2O3/c1-10(2)9-13(16(20)21)18-15(19)12-7-3-5-11-6-4-8-17-14(11)12/h3-8,10,13H,9H2,1-2H3,(H,18,19)(H,20,21). The summed E-state index contributed by atoms with van der Waals surface area (Å²) in [6.45, 7) is 3.84. The van der Waals surface area contributed by atoms with Crippen molar-refractivity contribution in [1.29, 1.82) is 0 Å². The van der Waals surface area contributed by atoms with Crippen LogP contribution in [0.5, 0.6) is 0 Å². The second-order valence-electron chi connectivity index (χ2n) is 5.37. The van der Waals surface area contributed by atoms with Gasteiger partial charge in [-0.1, -0.05) is 32.0 Å². The van der Waals surface area contributed by atoms with Crippen LogP contribution in [0.4, 0.5) is 0 Å². The van der Waals surface area contributed by atoms with Crippen molar-refractivity contribution in [3.63, 3.8) is 0 Å². The van der Waals surface area contributed by atoms with Crippen LogP contribution < -0.4 is 5.32 Å². The van der Waals surface area contributed by atoms with Gasteiger partial charge in [-0.2, -0.15) is 0 Å². The van der Waals surface area contributed by atoms with E-state index in [0.29, 0.717) is 17.5 Å². The lowest BCUT2D eigenvalue weighted by atomic mass is 10.0. The van der Waals surface area contributed by atoms with E-state index >= 15 is 0 Å². The van der Waals surface area contributed by atoms with Gasteiger partial charge in [-0.25, -0.2) is 4.79 Å². The van der Waals surface area contributed by atoms with E-state index in [2.05, 4.69) is 10.3 Å². The lowest BCUT2D eigenvalue weighted by Crippen LogP contribution is -2.41. The molecule has 0 spiro atoms. The van der Waals surface area contributed by atoms with Gasteiger partial charge in [-0.15, -0.1) is 0 Å². The van der Waals surface area contributed by atoms with Gasteiger partial charge in [0.1, 0.15) is 6.04 Å². The van der Waals surface area contributed by atoms with Crippen LogP contribution in [0.3, 0.4) is 0 Å². The fourth-order valence-electron chi connectivity index (χ4n) is 2.22. The van der Waals surface area contributed by atoms with E-state index in [-0.39, 0.29) is 5.92 Å². The summed E-state index contributed by atoms with van der Waals surface area (Å²) < 4.78 is 0. The number of pyridine rings is 1. The SMILES string of the molecule is CC(C)CC(NC(=O)c1cccc2cccnc12)C(=O)O. The van der Waals surface area contributed by atoms with Crippen LogP contribution in [0, 0.1) is 5.92 Å². The predicted molar refractivity (Wildman–Crippen MR) is 80.1 cm³/mol. The molecular formula is C16H18N2O3. The average molecular weight is 286 g/mol. The van der Waals surface area contributed by atoms with Crippen molar-refractivity contribution >= 4 is 22.8 Å². The average Bonchev–Trinajstić information content (AvgIpc) is 2.45. The van der Waals surface area contributed by atoms with E-state index in [1.165, 1.54) is 0 Å². The number of carboxylic acid groups (broad SMARTS) is 1. The first-order valence-corrected chi connectivity index (χ1v) is 6.86. The van der Waals surface area contributed by atoms with Gasteiger partial charge >= 0.3 is 5.97 Å². The number of carbonyl (C=O) groups is 2. The number of benzene rings is 1. The summed E-state index contributed by atoms with van der Waals surface area (Å²) in [6.07, 6.45) is 2.00. The second-order valence-corrected chi connectivity index (χ2v) is 5.37. The highest BCUT2D eigenvalue weighted by molar-refractivity contribution is 6.06. The predicted octanol–water partition coefficient (Wildman–Crippen LogP) is 2.46. The molecule has 0 fully saturated rings. The molecule has 110 valence electrons. The molecule has 1 atom stereocenters. The Labute approximate surface area is 123 Å². The summed E-state index contributed by atoms with van der Waals surface area (Å²) >= 11 is 0. The highest BCUT2D eigenvalue weighted by Crippen LogP contribution is 2.16. The number of hydrogen-bond acceptors (Lipinski definition) is 3. The molecule has 0 saturated carbocycles. The van der Waals surface area contributed by atoms with Gasteiger partial charge in [0.05, 0.1) is 11.1 Å². The molecule has 0 aliphatic heterocycles. The summed E-state index contributed by atoms with van der Waals surface area (Å²) in [4.78, 5) is 27.8. The Morgan fingerprint density at radius 1 is 1.24 bits per heavy atom. The number of amides is 1. The minimum absolute atomic E-state index is 0.178. The number of rotatable bonds is 5. The molecular weight excluding hydrogens is 268 g/mol. The maximum atomic E-state index is 12.3. The number of aromatic nitrogens is 1. The summed E-state index contributed by atoms with van der Waals surface area (Å²) in [5.41, 5.74) is 0.967. The van der Waals surface area contributed by atoms with Gasteiger partial charge in [0.15, 0.2) is 0 Å². The summed E-state index contributed by atoms with van der Waals surface area (Å²) in [5, 5.41) is 12.6. The van der Waals surface area contributed by atoms with Crippen molar-refractivity contribution in [2.75, 3.05) is 0 Å². The molecule has 1 amide bonds. The molecule has 0 aliphatic carbocycles. The van der Waals surface area contributed by atoms with Gasteiger partial charge in [-0.05, 0) is 24.5 Å². The zero-order valence-electron chi connectivity index (χ0n) is 12.0. The van der Waals surface area contributed by atoms with Crippen molar-refractivity contribution in [2.24, 2.45) is 5.92 Å². The van der Waals surface area contributed by atoms with E-state index in [0.717, 1.165) is 5.39 Å². The van der Waals surface area contributed by atoms with Crippen molar-refractivity contribution in [1.82, 2.24) is 10.3 Å². The molecule has 0 bridgehead atoms. The smallest absolute Gasteiger partial charge is 0.326 e. The Morgan fingerprint density at radius 2 is 1.95 bits per heavy atom. The van der Waals surface area contributed by atoms with E-state index in [4.69, 9.17) is 0 Å². The third-order valence-electron chi connectivity index (χ3n) is 3.19. The Balaban J connectivity index is 2.27. The Morgan fingerprint density at radius 3 is 2.62 bits per heavy atom. The number of fused-ring (bicyclic) bond motifs is 1. The summed E-state index contributed by atoms with van der Waals surface area (Å²) in [6, 6.07) is 8.04. The summed E-state index contributed by atoms with van der Waals surface area (Å²) in [7, 11) is 0. The molecule has 1 aromatic carbocycles. The van der Waals surface area contributed by atoms with Crippen molar-refractivity contribution in [3.05, 3.63) is 42.1 Å². The van der Waals surface area contributed by atoms with Crippen LogP contribution in [0.15, 0.2) is 36.5 Å². The van der Waals surface area contributed by atoms with Gasteiger partial charge < -0.3 is 10.4 Å². The van der Waals surface area contributed by atoms with E-state index in [9.17, 15) is 14.7 Å². The van der Waals surface area contributed by atoms with Gasteiger partial charge in [0.2, 0.25) is 0 Å². The molecule has 5 nitrogen and oxygen atoms in total. The fourth-order valence-corrected chi connectivity index (χ4v) is 2.22. The number of hydrogen-bond donors (Lipinski definition) is 2. The molecule has 2 rings (SSSR count). The first-order chi connectivity index (χ1) is 9.99. The third-order valence-corrected chi connectivity index (χ3v) is 3.19. The number of carboxylic acids is 1. The van der Waals surface area contributed by atoms with E-state index < -0.39 is 17.9 Å². The first kappa shape index (κ1) is 15.0. The molecule has 0 aliphatic rings. The minimum atomic E-state index is -1.02.